The van der Waals surface area contributed by atoms with Crippen LogP contribution in [0.15, 0.2) is 12.2 Å². The van der Waals surface area contributed by atoms with Crippen LogP contribution in [0.2, 0.25) is 0 Å². The second-order valence-corrected chi connectivity index (χ2v) is 9.00. The first kappa shape index (κ1) is 19.2. The number of aryl methyl sites for hydroxylation is 1. The van der Waals surface area contributed by atoms with E-state index in [9.17, 15) is 14.4 Å². The van der Waals surface area contributed by atoms with Gasteiger partial charge in [0.2, 0.25) is 22.9 Å². The average molecular weight is 403 g/mol. The summed E-state index contributed by atoms with van der Waals surface area (Å²) in [4.78, 5) is 38.7. The van der Waals surface area contributed by atoms with E-state index in [2.05, 4.69) is 34.6 Å². The molecule has 3 amide bonds. The molecule has 4 rings (SSSR count). The van der Waals surface area contributed by atoms with Crippen LogP contribution in [-0.2, 0) is 20.8 Å². The summed E-state index contributed by atoms with van der Waals surface area (Å²) in [6, 6.07) is 0. The lowest BCUT2D eigenvalue weighted by Gasteiger charge is -2.16. The third-order valence-electron chi connectivity index (χ3n) is 6.02. The molecule has 1 aromatic heterocycles. The molecule has 2 bridgehead atoms. The van der Waals surface area contributed by atoms with E-state index in [4.69, 9.17) is 0 Å². The number of rotatable bonds is 9. The second kappa shape index (κ2) is 8.11. The summed E-state index contributed by atoms with van der Waals surface area (Å²) < 4.78 is 0. The topological polar surface area (TPSA) is 92.3 Å². The highest BCUT2D eigenvalue weighted by atomic mass is 32.1. The van der Waals surface area contributed by atoms with Crippen LogP contribution in [0.1, 0.15) is 50.5 Å². The van der Waals surface area contributed by atoms with Crippen LogP contribution in [0.25, 0.3) is 0 Å². The minimum absolute atomic E-state index is 0.0174. The molecule has 2 heterocycles. The number of hydrogen-bond acceptors (Lipinski definition) is 6. The van der Waals surface area contributed by atoms with Crippen molar-refractivity contribution in [2.75, 3.05) is 11.9 Å². The lowest BCUT2D eigenvalue weighted by Crippen LogP contribution is -2.33. The van der Waals surface area contributed by atoms with Crippen molar-refractivity contribution in [2.24, 2.45) is 23.7 Å². The zero-order valence-electron chi connectivity index (χ0n) is 16.1. The highest BCUT2D eigenvalue weighted by Gasteiger charge is 2.58. The summed E-state index contributed by atoms with van der Waals surface area (Å²) in [7, 11) is 0. The van der Waals surface area contributed by atoms with Crippen LogP contribution < -0.4 is 5.32 Å². The van der Waals surface area contributed by atoms with Gasteiger partial charge >= 0.3 is 0 Å². The molecule has 1 aliphatic heterocycles. The summed E-state index contributed by atoms with van der Waals surface area (Å²) in [6.07, 6.45) is 9.75. The van der Waals surface area contributed by atoms with Gasteiger partial charge in [0.15, 0.2) is 0 Å². The summed E-state index contributed by atoms with van der Waals surface area (Å²) in [6.45, 7) is 2.55. The van der Waals surface area contributed by atoms with E-state index < -0.39 is 0 Å². The van der Waals surface area contributed by atoms with Crippen LogP contribution in [-0.4, -0.2) is 39.4 Å². The van der Waals surface area contributed by atoms with E-state index in [1.807, 2.05) is 0 Å². The van der Waals surface area contributed by atoms with Gasteiger partial charge in [0.05, 0.1) is 11.8 Å². The van der Waals surface area contributed by atoms with Crippen LogP contribution in [0.3, 0.4) is 0 Å². The number of carbonyl (C=O) groups is 3. The lowest BCUT2D eigenvalue weighted by atomic mass is 9.85. The molecule has 4 atom stereocenters. The molecule has 2 fully saturated rings. The molecule has 1 N–H and O–H groups in total. The molecule has 0 spiro atoms. The Hall–Kier alpha value is -2.09. The predicted octanol–water partition coefficient (Wildman–Crippen LogP) is 2.80. The highest BCUT2D eigenvalue weighted by Crippen LogP contribution is 2.52. The van der Waals surface area contributed by atoms with Gasteiger partial charge in [-0.25, -0.2) is 0 Å². The Bertz CT molecular complexity index is 775. The Kier molecular flexibility index (Phi) is 5.57. The number of nitrogens with one attached hydrogen (secondary N) is 1. The van der Waals surface area contributed by atoms with Gasteiger partial charge in [-0.1, -0.05) is 36.8 Å². The minimum Gasteiger partial charge on any atom is -0.301 e. The van der Waals surface area contributed by atoms with Crippen LogP contribution in [0.5, 0.6) is 0 Å². The van der Waals surface area contributed by atoms with Gasteiger partial charge in [0.1, 0.15) is 5.01 Å². The fourth-order valence-electron chi connectivity index (χ4n) is 4.72. The Morgan fingerprint density at radius 1 is 1.14 bits per heavy atom. The Labute approximate surface area is 168 Å². The van der Waals surface area contributed by atoms with Crippen molar-refractivity contribution in [3.05, 3.63) is 17.2 Å². The fourth-order valence-corrected chi connectivity index (χ4v) is 5.58. The van der Waals surface area contributed by atoms with Gasteiger partial charge < -0.3 is 5.32 Å². The van der Waals surface area contributed by atoms with Gasteiger partial charge in [-0.2, -0.15) is 0 Å². The standard InChI is InChI=1S/C20H26N4O3S/c1-2-6-15-22-23-20(28-15)21-14(25)7-4-3-5-10-24-18(26)16-12-8-9-13(11-12)17(16)19(24)27/h8-9,12-13,16-17H,2-7,10-11H2,1H3,(H,21,23,25)/t12-,13-,16-,17-/m0/s1. The summed E-state index contributed by atoms with van der Waals surface area (Å²) in [5.74, 6) is 0.268. The smallest absolute Gasteiger partial charge is 0.233 e. The third kappa shape index (κ3) is 3.62. The molecule has 0 radical (unpaired) electrons. The summed E-state index contributed by atoms with van der Waals surface area (Å²) in [5, 5.41) is 12.3. The second-order valence-electron chi connectivity index (χ2n) is 7.94. The molecule has 150 valence electrons. The fraction of sp³-hybridized carbons (Fsp3) is 0.650. The number of hydrogen-bond donors (Lipinski definition) is 1. The zero-order chi connectivity index (χ0) is 19.7. The largest absolute Gasteiger partial charge is 0.301 e. The number of unbranched alkanes of at least 4 members (excludes halogenated alkanes) is 2. The summed E-state index contributed by atoms with van der Waals surface area (Å²) >= 11 is 1.42. The maximum atomic E-state index is 12.6. The van der Waals surface area contributed by atoms with E-state index >= 15 is 0 Å². The first-order chi connectivity index (χ1) is 13.6. The molecular weight excluding hydrogens is 376 g/mol. The molecule has 1 saturated heterocycles. The van der Waals surface area contributed by atoms with Crippen LogP contribution in [0, 0.1) is 23.7 Å². The van der Waals surface area contributed by atoms with Crippen molar-refractivity contribution in [1.82, 2.24) is 15.1 Å². The van der Waals surface area contributed by atoms with Gasteiger partial charge in [-0.3, -0.25) is 19.3 Å². The monoisotopic (exact) mass is 402 g/mol. The predicted molar refractivity (Wildman–Crippen MR) is 105 cm³/mol. The Morgan fingerprint density at radius 3 is 2.54 bits per heavy atom. The minimum atomic E-state index is -0.113. The van der Waals surface area contributed by atoms with E-state index in [0.29, 0.717) is 18.1 Å². The maximum absolute atomic E-state index is 12.6. The van der Waals surface area contributed by atoms with E-state index in [1.54, 1.807) is 0 Å². The number of amides is 3. The number of fused-ring (bicyclic) bond motifs is 5. The van der Waals surface area contributed by atoms with Crippen molar-refractivity contribution in [3.63, 3.8) is 0 Å². The van der Waals surface area contributed by atoms with E-state index in [1.165, 1.54) is 16.2 Å². The molecule has 28 heavy (non-hydrogen) atoms. The number of imide groups is 1. The van der Waals surface area contributed by atoms with Crippen molar-refractivity contribution < 1.29 is 14.4 Å². The van der Waals surface area contributed by atoms with Gasteiger partial charge in [0.25, 0.3) is 0 Å². The number of anilines is 1. The number of allylic oxidation sites excluding steroid dienone is 2. The normalized spacial score (nSPS) is 27.7. The van der Waals surface area contributed by atoms with Crippen molar-refractivity contribution in [1.29, 1.82) is 0 Å². The molecule has 3 aliphatic rings. The number of carbonyl (C=O) groups excluding carboxylic acids is 3. The molecular formula is C20H26N4O3S. The average Bonchev–Trinajstić information content (AvgIpc) is 3.43. The van der Waals surface area contributed by atoms with Gasteiger partial charge in [-0.15, -0.1) is 10.2 Å². The molecule has 1 saturated carbocycles. The molecule has 8 heteroatoms. The maximum Gasteiger partial charge on any atom is 0.233 e. The van der Waals surface area contributed by atoms with Gasteiger partial charge in [-0.05, 0) is 37.5 Å². The van der Waals surface area contributed by atoms with Crippen molar-refractivity contribution in [2.45, 2.75) is 51.9 Å². The Balaban J connectivity index is 1.16. The summed E-state index contributed by atoms with van der Waals surface area (Å²) in [5.41, 5.74) is 0. The highest BCUT2D eigenvalue weighted by molar-refractivity contribution is 7.15. The van der Waals surface area contributed by atoms with Crippen molar-refractivity contribution >= 4 is 34.2 Å². The van der Waals surface area contributed by atoms with E-state index in [0.717, 1.165) is 43.5 Å². The lowest BCUT2D eigenvalue weighted by molar-refractivity contribution is -0.140. The quantitative estimate of drug-likeness (QED) is 0.389. The molecule has 7 nitrogen and oxygen atoms in total. The van der Waals surface area contributed by atoms with Crippen molar-refractivity contribution in [3.8, 4) is 0 Å². The number of likely N-dealkylation sites (tertiary alicyclic amines) is 1. The number of aromatic nitrogens is 2. The van der Waals surface area contributed by atoms with E-state index in [-0.39, 0.29) is 41.4 Å². The number of nitrogens with zero attached hydrogens (tertiary/aromatic N) is 3. The SMILES string of the molecule is CCCc1nnc(NC(=O)CCCCCN2C(=O)[C@@H]3[C@@H](C2=O)[C@H]2C=C[C@H]3C2)s1. The molecule has 0 unspecified atom stereocenters. The first-order valence-electron chi connectivity index (χ1n) is 10.2. The molecule has 0 aromatic carbocycles. The first-order valence-corrected chi connectivity index (χ1v) is 11.1. The molecule has 1 aromatic rings. The third-order valence-corrected chi connectivity index (χ3v) is 6.92. The molecule has 2 aliphatic carbocycles. The van der Waals surface area contributed by atoms with Crippen LogP contribution in [0.4, 0.5) is 5.13 Å². The van der Waals surface area contributed by atoms with Crippen LogP contribution >= 0.6 is 11.3 Å². The Morgan fingerprint density at radius 2 is 1.86 bits per heavy atom. The van der Waals surface area contributed by atoms with Gasteiger partial charge in [0, 0.05) is 19.4 Å². The zero-order valence-corrected chi connectivity index (χ0v) is 16.9.